The summed E-state index contributed by atoms with van der Waals surface area (Å²) < 4.78 is 22.3. The highest BCUT2D eigenvalue weighted by Gasteiger charge is 2.31. The Labute approximate surface area is 80.8 Å². The second-order valence-electron chi connectivity index (χ2n) is 4.42. The normalized spacial score (nSPS) is 21.5. The molecule has 1 heterocycles. The molecule has 1 N–H and O–H groups in total. The first kappa shape index (κ1) is 11.0. The first-order valence-electron chi connectivity index (χ1n) is 4.78. The van der Waals surface area contributed by atoms with E-state index in [1.807, 2.05) is 0 Å². The smallest absolute Gasteiger partial charge is 0.147 e. The van der Waals surface area contributed by atoms with Gasteiger partial charge in [0.15, 0.2) is 0 Å². The molecule has 1 aliphatic rings. The monoisotopic (exact) mass is 205 g/mol. The van der Waals surface area contributed by atoms with Crippen LogP contribution >= 0.6 is 0 Å². The second-order valence-corrected chi connectivity index (χ2v) is 6.60. The molecule has 0 bridgehead atoms. The van der Waals surface area contributed by atoms with Crippen LogP contribution < -0.4 is 5.32 Å². The van der Waals surface area contributed by atoms with Crippen LogP contribution in [0.5, 0.6) is 0 Å². The van der Waals surface area contributed by atoms with Gasteiger partial charge >= 0.3 is 0 Å². The average Bonchev–Trinajstić information content (AvgIpc) is 1.78. The van der Waals surface area contributed by atoms with Crippen molar-refractivity contribution in [1.29, 1.82) is 0 Å². The fourth-order valence-corrected chi connectivity index (χ4v) is 3.19. The Morgan fingerprint density at radius 2 is 1.92 bits per heavy atom. The van der Waals surface area contributed by atoms with Gasteiger partial charge in [-0.25, -0.2) is 8.42 Å². The predicted molar refractivity (Wildman–Crippen MR) is 54.4 cm³/mol. The Kier molecular flexibility index (Phi) is 3.35. The first-order chi connectivity index (χ1) is 5.90. The molecule has 4 heteroatoms. The summed E-state index contributed by atoms with van der Waals surface area (Å²) in [4.78, 5) is 0. The zero-order chi connectivity index (χ0) is 10.1. The van der Waals surface area contributed by atoms with E-state index in [0.29, 0.717) is 23.5 Å². The van der Waals surface area contributed by atoms with E-state index in [2.05, 4.69) is 19.2 Å². The molecule has 1 atom stereocenters. The number of hydrogen-bond donors (Lipinski definition) is 1. The summed E-state index contributed by atoms with van der Waals surface area (Å²) in [6.07, 6.45) is 1.33. The van der Waals surface area contributed by atoms with Gasteiger partial charge in [0.05, 0.1) is 5.75 Å². The highest BCUT2D eigenvalue weighted by Crippen LogP contribution is 2.25. The molecule has 3 nitrogen and oxygen atoms in total. The van der Waals surface area contributed by atoms with Gasteiger partial charge in [0, 0.05) is 6.26 Å². The van der Waals surface area contributed by atoms with Crippen molar-refractivity contribution in [2.24, 2.45) is 17.8 Å². The highest BCUT2D eigenvalue weighted by molar-refractivity contribution is 7.90. The fraction of sp³-hybridized carbons (Fsp3) is 1.00. The van der Waals surface area contributed by atoms with Crippen molar-refractivity contribution in [3.8, 4) is 0 Å². The Bertz CT molecular complexity index is 255. The maximum Gasteiger partial charge on any atom is 0.147 e. The quantitative estimate of drug-likeness (QED) is 0.728. The van der Waals surface area contributed by atoms with Crippen LogP contribution in [-0.4, -0.2) is 33.5 Å². The third kappa shape index (κ3) is 3.27. The summed E-state index contributed by atoms with van der Waals surface area (Å²) in [6, 6.07) is 0. The van der Waals surface area contributed by atoms with Crippen LogP contribution in [0.1, 0.15) is 13.8 Å². The maximum atomic E-state index is 11.2. The molecule has 1 rings (SSSR count). The topological polar surface area (TPSA) is 46.2 Å². The van der Waals surface area contributed by atoms with Crippen molar-refractivity contribution >= 4 is 9.84 Å². The number of sulfone groups is 1. The summed E-state index contributed by atoms with van der Waals surface area (Å²) in [6.45, 7) is 6.18. The summed E-state index contributed by atoms with van der Waals surface area (Å²) in [5, 5.41) is 3.19. The van der Waals surface area contributed by atoms with Crippen molar-refractivity contribution in [2.75, 3.05) is 25.1 Å². The number of rotatable bonds is 4. The number of nitrogens with one attached hydrogen (secondary N) is 1. The molecular weight excluding hydrogens is 186 g/mol. The van der Waals surface area contributed by atoms with Crippen LogP contribution in [0.3, 0.4) is 0 Å². The summed E-state index contributed by atoms with van der Waals surface area (Å²) >= 11 is 0. The molecule has 1 aliphatic heterocycles. The van der Waals surface area contributed by atoms with Crippen molar-refractivity contribution < 1.29 is 8.42 Å². The molecule has 1 unspecified atom stereocenters. The molecule has 0 aromatic rings. The highest BCUT2D eigenvalue weighted by atomic mass is 32.2. The van der Waals surface area contributed by atoms with Gasteiger partial charge < -0.3 is 5.32 Å². The SMILES string of the molecule is CC(C)C(CS(C)(=O)=O)C1CNC1. The minimum atomic E-state index is -2.82. The fourth-order valence-electron chi connectivity index (χ4n) is 1.84. The number of hydrogen-bond acceptors (Lipinski definition) is 3. The third-order valence-electron chi connectivity index (χ3n) is 2.77. The van der Waals surface area contributed by atoms with Gasteiger partial charge in [-0.15, -0.1) is 0 Å². The zero-order valence-electron chi connectivity index (χ0n) is 8.58. The molecule has 13 heavy (non-hydrogen) atoms. The van der Waals surface area contributed by atoms with Crippen LogP contribution in [0, 0.1) is 17.8 Å². The Balaban J connectivity index is 2.57. The minimum Gasteiger partial charge on any atom is -0.316 e. The van der Waals surface area contributed by atoms with E-state index in [4.69, 9.17) is 0 Å². The molecule has 0 saturated carbocycles. The van der Waals surface area contributed by atoms with Crippen molar-refractivity contribution in [2.45, 2.75) is 13.8 Å². The second kappa shape index (κ2) is 3.96. The minimum absolute atomic E-state index is 0.330. The van der Waals surface area contributed by atoms with Gasteiger partial charge in [-0.05, 0) is 30.8 Å². The molecule has 0 radical (unpaired) electrons. The van der Waals surface area contributed by atoms with Crippen LogP contribution in [0.4, 0.5) is 0 Å². The van der Waals surface area contributed by atoms with E-state index in [1.165, 1.54) is 6.26 Å². The van der Waals surface area contributed by atoms with E-state index < -0.39 is 9.84 Å². The molecule has 0 spiro atoms. The molecule has 0 aliphatic carbocycles. The van der Waals surface area contributed by atoms with E-state index in [9.17, 15) is 8.42 Å². The van der Waals surface area contributed by atoms with Gasteiger partial charge in [0.25, 0.3) is 0 Å². The summed E-state index contributed by atoms with van der Waals surface area (Å²) in [5.41, 5.74) is 0. The molecular formula is C9H19NO2S. The lowest BCUT2D eigenvalue weighted by Gasteiger charge is -2.36. The molecule has 1 fully saturated rings. The van der Waals surface area contributed by atoms with Gasteiger partial charge in [0.1, 0.15) is 9.84 Å². The lowest BCUT2D eigenvalue weighted by molar-refractivity contribution is 0.202. The molecule has 1 saturated heterocycles. The van der Waals surface area contributed by atoms with Crippen LogP contribution in [-0.2, 0) is 9.84 Å². The lowest BCUT2D eigenvalue weighted by Crippen LogP contribution is -2.49. The van der Waals surface area contributed by atoms with E-state index in [0.717, 1.165) is 13.1 Å². The van der Waals surface area contributed by atoms with E-state index in [1.54, 1.807) is 0 Å². The van der Waals surface area contributed by atoms with Crippen LogP contribution in [0.15, 0.2) is 0 Å². The lowest BCUT2D eigenvalue weighted by atomic mass is 9.81. The van der Waals surface area contributed by atoms with Crippen LogP contribution in [0.2, 0.25) is 0 Å². The standard InChI is InChI=1S/C9H19NO2S/c1-7(2)9(6-13(3,11)12)8-4-10-5-8/h7-10H,4-6H2,1-3H3. The van der Waals surface area contributed by atoms with E-state index in [-0.39, 0.29) is 0 Å². The van der Waals surface area contributed by atoms with Gasteiger partial charge in [-0.1, -0.05) is 13.8 Å². The Hall–Kier alpha value is -0.0900. The molecule has 0 amide bonds. The molecule has 0 aromatic carbocycles. The largest absolute Gasteiger partial charge is 0.316 e. The third-order valence-corrected chi connectivity index (χ3v) is 3.76. The van der Waals surface area contributed by atoms with Crippen molar-refractivity contribution in [3.05, 3.63) is 0 Å². The molecule has 0 aromatic heterocycles. The Morgan fingerprint density at radius 1 is 1.38 bits per heavy atom. The van der Waals surface area contributed by atoms with Gasteiger partial charge in [-0.2, -0.15) is 0 Å². The predicted octanol–water partition coefficient (Wildman–Crippen LogP) is 0.523. The van der Waals surface area contributed by atoms with Gasteiger partial charge in [-0.3, -0.25) is 0 Å². The Morgan fingerprint density at radius 3 is 2.15 bits per heavy atom. The summed E-state index contributed by atoms with van der Waals surface area (Å²) in [5.74, 6) is 1.70. The maximum absolute atomic E-state index is 11.2. The van der Waals surface area contributed by atoms with Crippen LogP contribution in [0.25, 0.3) is 0 Å². The summed E-state index contributed by atoms with van der Waals surface area (Å²) in [7, 11) is -2.82. The van der Waals surface area contributed by atoms with Gasteiger partial charge in [0.2, 0.25) is 0 Å². The van der Waals surface area contributed by atoms with Crippen molar-refractivity contribution in [3.63, 3.8) is 0 Å². The van der Waals surface area contributed by atoms with Crippen molar-refractivity contribution in [1.82, 2.24) is 5.32 Å². The molecule has 78 valence electrons. The first-order valence-corrected chi connectivity index (χ1v) is 6.84. The zero-order valence-corrected chi connectivity index (χ0v) is 9.39. The van der Waals surface area contributed by atoms with E-state index >= 15 is 0 Å². The average molecular weight is 205 g/mol.